The number of likely N-dealkylation sites (N-methyl/N-ethyl adjacent to an activating group) is 1. The van der Waals surface area contributed by atoms with E-state index >= 15 is 0 Å². The van der Waals surface area contributed by atoms with Crippen molar-refractivity contribution in [1.82, 2.24) is 4.90 Å². The number of rotatable bonds is 5. The second kappa shape index (κ2) is 7.21. The van der Waals surface area contributed by atoms with Crippen LogP contribution in [-0.2, 0) is 9.59 Å². The first-order valence-corrected chi connectivity index (χ1v) is 8.57. The molecule has 2 aromatic carbocycles. The second-order valence-corrected chi connectivity index (χ2v) is 6.54. The topological polar surface area (TPSA) is 67.9 Å². The van der Waals surface area contributed by atoms with Gasteiger partial charge in [-0.05, 0) is 35.9 Å². The summed E-state index contributed by atoms with van der Waals surface area (Å²) >= 11 is 3.40. The van der Waals surface area contributed by atoms with Crippen molar-refractivity contribution in [1.29, 1.82) is 0 Å². The fourth-order valence-corrected chi connectivity index (χ4v) is 3.13. The molecule has 1 aliphatic rings. The molecule has 7 heteroatoms. The molecule has 0 radical (unpaired) electrons. The highest BCUT2D eigenvalue weighted by Gasteiger charge is 2.37. The van der Waals surface area contributed by atoms with Crippen LogP contribution in [0.15, 0.2) is 52.6 Å². The average molecular weight is 417 g/mol. The maximum atomic E-state index is 12.7. The van der Waals surface area contributed by atoms with Crippen LogP contribution in [0.3, 0.4) is 0 Å². The summed E-state index contributed by atoms with van der Waals surface area (Å²) < 4.78 is 11.4. The Morgan fingerprint density at radius 3 is 2.35 bits per heavy atom. The lowest BCUT2D eigenvalue weighted by atomic mass is 10.0. The van der Waals surface area contributed by atoms with Gasteiger partial charge in [0.15, 0.2) is 11.5 Å². The van der Waals surface area contributed by atoms with Gasteiger partial charge in [-0.15, -0.1) is 0 Å². The van der Waals surface area contributed by atoms with Crippen LogP contribution >= 0.6 is 15.9 Å². The first-order chi connectivity index (χ1) is 12.5. The molecular formula is C19H17BrN2O4. The van der Waals surface area contributed by atoms with Gasteiger partial charge in [0.25, 0.3) is 11.8 Å². The number of methoxy groups -OCH3 is 2. The summed E-state index contributed by atoms with van der Waals surface area (Å²) in [6.07, 6.45) is 0. The quantitative estimate of drug-likeness (QED) is 0.757. The summed E-state index contributed by atoms with van der Waals surface area (Å²) in [5, 5.41) is 3.07. The average Bonchev–Trinajstić information content (AvgIpc) is 2.85. The number of hydrogen-bond donors (Lipinski definition) is 1. The highest BCUT2D eigenvalue weighted by molar-refractivity contribution is 9.10. The van der Waals surface area contributed by atoms with Crippen LogP contribution in [0.2, 0.25) is 0 Å². The zero-order valence-corrected chi connectivity index (χ0v) is 16.1. The van der Waals surface area contributed by atoms with Crippen LogP contribution in [0.4, 0.5) is 5.69 Å². The molecule has 0 fully saturated rings. The summed E-state index contributed by atoms with van der Waals surface area (Å²) in [4.78, 5) is 26.3. The number of halogens is 1. The Hall–Kier alpha value is -2.80. The van der Waals surface area contributed by atoms with Crippen molar-refractivity contribution in [3.8, 4) is 11.5 Å². The summed E-state index contributed by atoms with van der Waals surface area (Å²) in [6.45, 7) is 0. The summed E-state index contributed by atoms with van der Waals surface area (Å²) in [7, 11) is 4.51. The van der Waals surface area contributed by atoms with Gasteiger partial charge in [-0.2, -0.15) is 0 Å². The Kier molecular flexibility index (Phi) is 4.99. The summed E-state index contributed by atoms with van der Waals surface area (Å²) in [5.74, 6) is 0.261. The fraction of sp³-hybridized carbons (Fsp3) is 0.158. The second-order valence-electron chi connectivity index (χ2n) is 5.62. The highest BCUT2D eigenvalue weighted by atomic mass is 79.9. The Morgan fingerprint density at radius 1 is 0.962 bits per heavy atom. The first-order valence-electron chi connectivity index (χ1n) is 7.78. The molecule has 26 heavy (non-hydrogen) atoms. The van der Waals surface area contributed by atoms with Crippen LogP contribution in [0.1, 0.15) is 5.56 Å². The van der Waals surface area contributed by atoms with Crippen LogP contribution in [-0.4, -0.2) is 38.0 Å². The minimum absolute atomic E-state index is 0.225. The van der Waals surface area contributed by atoms with Crippen molar-refractivity contribution in [2.75, 3.05) is 26.6 Å². The number of benzene rings is 2. The van der Waals surface area contributed by atoms with E-state index in [1.807, 2.05) is 24.3 Å². The van der Waals surface area contributed by atoms with Gasteiger partial charge < -0.3 is 14.8 Å². The van der Waals surface area contributed by atoms with Gasteiger partial charge in [0.2, 0.25) is 0 Å². The third-order valence-electron chi connectivity index (χ3n) is 4.05. The van der Waals surface area contributed by atoms with Crippen molar-refractivity contribution in [3.05, 3.63) is 58.2 Å². The number of carbonyl (C=O) groups excluding carboxylic acids is 2. The third-order valence-corrected chi connectivity index (χ3v) is 4.55. The van der Waals surface area contributed by atoms with E-state index < -0.39 is 0 Å². The molecule has 2 amide bonds. The predicted molar refractivity (Wildman–Crippen MR) is 102 cm³/mol. The van der Waals surface area contributed by atoms with Gasteiger partial charge in [0, 0.05) is 17.2 Å². The molecule has 0 unspecified atom stereocenters. The lowest BCUT2D eigenvalue weighted by Crippen LogP contribution is -2.27. The minimum Gasteiger partial charge on any atom is -0.493 e. The minimum atomic E-state index is -0.389. The van der Waals surface area contributed by atoms with E-state index in [1.54, 1.807) is 18.2 Å². The number of amides is 2. The van der Waals surface area contributed by atoms with Crippen molar-refractivity contribution in [2.24, 2.45) is 0 Å². The molecule has 2 aromatic rings. The van der Waals surface area contributed by atoms with Crippen LogP contribution in [0, 0.1) is 0 Å². The van der Waals surface area contributed by atoms with E-state index in [0.717, 1.165) is 9.37 Å². The molecule has 0 saturated carbocycles. The number of imide groups is 1. The molecule has 0 spiro atoms. The Balaban J connectivity index is 2.11. The molecule has 134 valence electrons. The number of nitrogens with zero attached hydrogens (tertiary/aromatic N) is 1. The number of anilines is 1. The lowest BCUT2D eigenvalue weighted by Gasteiger charge is -2.11. The molecular weight excluding hydrogens is 400 g/mol. The van der Waals surface area contributed by atoms with E-state index in [-0.39, 0.29) is 17.5 Å². The SMILES string of the molecule is COc1ccc(C2=C(Nc3cccc(Br)c3)C(=O)N(C)C2=O)cc1OC. The number of ether oxygens (including phenoxy) is 2. The van der Waals surface area contributed by atoms with Crippen LogP contribution in [0.5, 0.6) is 11.5 Å². The van der Waals surface area contributed by atoms with E-state index in [9.17, 15) is 9.59 Å². The molecule has 0 aromatic heterocycles. The van der Waals surface area contributed by atoms with Crippen LogP contribution < -0.4 is 14.8 Å². The van der Waals surface area contributed by atoms with Gasteiger partial charge in [0.1, 0.15) is 5.70 Å². The smallest absolute Gasteiger partial charge is 0.277 e. The molecule has 6 nitrogen and oxygen atoms in total. The van der Waals surface area contributed by atoms with Gasteiger partial charge in [-0.25, -0.2) is 0 Å². The lowest BCUT2D eigenvalue weighted by molar-refractivity contribution is -0.135. The van der Waals surface area contributed by atoms with Crippen molar-refractivity contribution in [3.63, 3.8) is 0 Å². The molecule has 0 saturated heterocycles. The maximum absolute atomic E-state index is 12.7. The number of carbonyl (C=O) groups is 2. The van der Waals surface area contributed by atoms with E-state index in [1.165, 1.54) is 21.3 Å². The standard InChI is InChI=1S/C19H17BrN2O4/c1-22-18(23)16(11-7-8-14(25-2)15(9-11)26-3)17(19(22)24)21-13-6-4-5-12(20)10-13/h4-10,21H,1-3H3. The fourth-order valence-electron chi connectivity index (χ4n) is 2.73. The molecule has 0 aliphatic carbocycles. The Bertz CT molecular complexity index is 924. The van der Waals surface area contributed by atoms with Gasteiger partial charge in [0.05, 0.1) is 19.8 Å². The molecule has 3 rings (SSSR count). The molecule has 1 N–H and O–H groups in total. The van der Waals surface area contributed by atoms with E-state index in [4.69, 9.17) is 9.47 Å². The molecule has 1 aliphatic heterocycles. The van der Waals surface area contributed by atoms with Gasteiger partial charge in [-0.3, -0.25) is 14.5 Å². The third kappa shape index (κ3) is 3.17. The molecule has 0 bridgehead atoms. The van der Waals surface area contributed by atoms with Crippen molar-refractivity contribution in [2.45, 2.75) is 0 Å². The zero-order chi connectivity index (χ0) is 18.8. The van der Waals surface area contributed by atoms with E-state index in [2.05, 4.69) is 21.2 Å². The van der Waals surface area contributed by atoms with Gasteiger partial charge in [-0.1, -0.05) is 28.1 Å². The Labute approximate surface area is 159 Å². The van der Waals surface area contributed by atoms with Gasteiger partial charge >= 0.3 is 0 Å². The zero-order valence-electron chi connectivity index (χ0n) is 14.5. The predicted octanol–water partition coefficient (Wildman–Crippen LogP) is 3.29. The highest BCUT2D eigenvalue weighted by Crippen LogP contribution is 2.35. The largest absolute Gasteiger partial charge is 0.493 e. The summed E-state index contributed by atoms with van der Waals surface area (Å²) in [5.41, 5.74) is 1.79. The monoisotopic (exact) mass is 416 g/mol. The molecule has 1 heterocycles. The first kappa shape index (κ1) is 18.0. The van der Waals surface area contributed by atoms with E-state index in [0.29, 0.717) is 28.3 Å². The van der Waals surface area contributed by atoms with Crippen molar-refractivity contribution < 1.29 is 19.1 Å². The number of nitrogens with one attached hydrogen (secondary N) is 1. The molecule has 0 atom stereocenters. The maximum Gasteiger partial charge on any atom is 0.277 e. The normalized spacial score (nSPS) is 14.1. The Morgan fingerprint density at radius 2 is 1.69 bits per heavy atom. The van der Waals surface area contributed by atoms with Crippen LogP contribution in [0.25, 0.3) is 5.57 Å². The van der Waals surface area contributed by atoms with Crippen molar-refractivity contribution >= 4 is 39.0 Å². The number of hydrogen-bond acceptors (Lipinski definition) is 5. The summed E-state index contributed by atoms with van der Waals surface area (Å²) in [6, 6.07) is 12.5.